The lowest BCUT2D eigenvalue weighted by atomic mass is 9.81. The van der Waals surface area contributed by atoms with Crippen LogP contribution in [0, 0.1) is 5.92 Å². The maximum absolute atomic E-state index is 12.5. The number of amides is 1. The van der Waals surface area contributed by atoms with Crippen molar-refractivity contribution in [1.82, 2.24) is 5.32 Å². The van der Waals surface area contributed by atoms with Crippen LogP contribution in [0.25, 0.3) is 0 Å². The van der Waals surface area contributed by atoms with Crippen LogP contribution in [0.5, 0.6) is 0 Å². The minimum atomic E-state index is -0.136. The van der Waals surface area contributed by atoms with Gasteiger partial charge >= 0.3 is 0 Å². The first-order chi connectivity index (χ1) is 11.1. The van der Waals surface area contributed by atoms with Crippen LogP contribution in [0.1, 0.15) is 41.8 Å². The number of halogens is 2. The van der Waals surface area contributed by atoms with E-state index in [1.165, 1.54) is 6.42 Å². The molecule has 23 heavy (non-hydrogen) atoms. The lowest BCUT2D eigenvalue weighted by molar-refractivity contribution is 0.0904. The molecule has 0 radical (unpaired) electrons. The molecule has 0 bridgehead atoms. The third-order valence-electron chi connectivity index (χ3n) is 4.44. The second kappa shape index (κ2) is 7.41. The average Bonchev–Trinajstić information content (AvgIpc) is 3.02. The molecule has 0 unspecified atom stereocenters. The number of hydrogen-bond donors (Lipinski definition) is 1. The van der Waals surface area contributed by atoms with E-state index in [1.54, 1.807) is 24.5 Å². The first kappa shape index (κ1) is 16.4. The van der Waals surface area contributed by atoms with Gasteiger partial charge in [0, 0.05) is 17.5 Å². The molecule has 1 saturated carbocycles. The number of benzene rings is 1. The fraction of sp³-hybridized carbons (Fsp3) is 0.389. The number of hydrogen-bond acceptors (Lipinski definition) is 2. The summed E-state index contributed by atoms with van der Waals surface area (Å²) in [6, 6.07) is 8.99. The van der Waals surface area contributed by atoms with Crippen molar-refractivity contribution in [3.63, 3.8) is 0 Å². The van der Waals surface area contributed by atoms with Gasteiger partial charge in [0.05, 0.1) is 16.8 Å². The molecule has 3 rings (SSSR count). The second-order valence-corrected chi connectivity index (χ2v) is 6.88. The fourth-order valence-electron chi connectivity index (χ4n) is 3.25. The summed E-state index contributed by atoms with van der Waals surface area (Å²) in [4.78, 5) is 12.5. The molecule has 1 aromatic heterocycles. The van der Waals surface area contributed by atoms with E-state index in [-0.39, 0.29) is 11.9 Å². The Morgan fingerprint density at radius 1 is 1.22 bits per heavy atom. The smallest absolute Gasteiger partial charge is 0.253 e. The maximum atomic E-state index is 12.5. The van der Waals surface area contributed by atoms with E-state index in [2.05, 4.69) is 5.32 Å². The van der Waals surface area contributed by atoms with Crippen LogP contribution in [-0.4, -0.2) is 11.9 Å². The highest BCUT2D eigenvalue weighted by molar-refractivity contribution is 6.36. The third kappa shape index (κ3) is 4.10. The minimum absolute atomic E-state index is 0.136. The van der Waals surface area contributed by atoms with Gasteiger partial charge in [0.25, 0.3) is 5.91 Å². The highest BCUT2D eigenvalue weighted by Gasteiger charge is 2.28. The van der Waals surface area contributed by atoms with E-state index in [4.69, 9.17) is 27.6 Å². The molecule has 0 saturated heterocycles. The molecule has 2 atom stereocenters. The lowest BCUT2D eigenvalue weighted by Gasteiger charge is -2.32. The highest BCUT2D eigenvalue weighted by atomic mass is 35.5. The zero-order chi connectivity index (χ0) is 16.2. The van der Waals surface area contributed by atoms with Gasteiger partial charge in [-0.25, -0.2) is 0 Å². The van der Waals surface area contributed by atoms with Gasteiger partial charge in [-0.05, 0) is 49.1 Å². The predicted octanol–water partition coefficient (Wildman–Crippen LogP) is 5.12. The van der Waals surface area contributed by atoms with Gasteiger partial charge in [-0.2, -0.15) is 0 Å². The third-order valence-corrected chi connectivity index (χ3v) is 4.99. The zero-order valence-electron chi connectivity index (χ0n) is 12.7. The Balaban J connectivity index is 1.69. The van der Waals surface area contributed by atoms with Crippen LogP contribution in [0.4, 0.5) is 0 Å². The largest absolute Gasteiger partial charge is 0.469 e. The Morgan fingerprint density at radius 2 is 2.04 bits per heavy atom. The van der Waals surface area contributed by atoms with Gasteiger partial charge in [0.15, 0.2) is 0 Å². The van der Waals surface area contributed by atoms with Crippen LogP contribution in [-0.2, 0) is 6.42 Å². The monoisotopic (exact) mass is 351 g/mol. The molecule has 3 nitrogen and oxygen atoms in total. The summed E-state index contributed by atoms with van der Waals surface area (Å²) in [7, 11) is 0. The number of nitrogens with one attached hydrogen (secondary N) is 1. The zero-order valence-corrected chi connectivity index (χ0v) is 14.2. The van der Waals surface area contributed by atoms with Gasteiger partial charge in [-0.3, -0.25) is 4.79 Å². The first-order valence-electron chi connectivity index (χ1n) is 7.92. The van der Waals surface area contributed by atoms with Crippen molar-refractivity contribution >= 4 is 29.1 Å². The second-order valence-electron chi connectivity index (χ2n) is 6.03. The Hall–Kier alpha value is -1.45. The fourth-order valence-corrected chi connectivity index (χ4v) is 3.74. The predicted molar refractivity (Wildman–Crippen MR) is 92.1 cm³/mol. The molecule has 0 spiro atoms. The lowest BCUT2D eigenvalue weighted by Crippen LogP contribution is -2.43. The average molecular weight is 352 g/mol. The van der Waals surface area contributed by atoms with Crippen molar-refractivity contribution in [2.45, 2.75) is 38.1 Å². The SMILES string of the molecule is O=C(N[C@H]1CCCC[C@H]1Cc1ccco1)c1ccc(Cl)cc1Cl. The van der Waals surface area contributed by atoms with E-state index in [0.717, 1.165) is 31.4 Å². The van der Waals surface area contributed by atoms with E-state index in [1.807, 2.05) is 12.1 Å². The molecule has 1 amide bonds. The van der Waals surface area contributed by atoms with Crippen molar-refractivity contribution in [2.24, 2.45) is 5.92 Å². The molecule has 1 heterocycles. The van der Waals surface area contributed by atoms with E-state index in [9.17, 15) is 4.79 Å². The van der Waals surface area contributed by atoms with Crippen LogP contribution in [0.3, 0.4) is 0 Å². The van der Waals surface area contributed by atoms with Crippen molar-refractivity contribution in [3.05, 3.63) is 58.0 Å². The van der Waals surface area contributed by atoms with Crippen LogP contribution >= 0.6 is 23.2 Å². The summed E-state index contributed by atoms with van der Waals surface area (Å²) < 4.78 is 5.46. The standard InChI is InChI=1S/C18H19Cl2NO2/c19-13-7-8-15(16(20)11-13)18(22)21-17-6-2-1-4-12(17)10-14-5-3-9-23-14/h3,5,7-9,11-12,17H,1-2,4,6,10H2,(H,21,22)/t12-,17-/m0/s1. The number of furan rings is 1. The van der Waals surface area contributed by atoms with Crippen LogP contribution in [0.15, 0.2) is 41.0 Å². The molecular weight excluding hydrogens is 333 g/mol. The molecule has 5 heteroatoms. The summed E-state index contributed by atoms with van der Waals surface area (Å²) >= 11 is 12.0. The van der Waals surface area contributed by atoms with Crippen molar-refractivity contribution in [1.29, 1.82) is 0 Å². The van der Waals surface area contributed by atoms with Crippen molar-refractivity contribution in [3.8, 4) is 0 Å². The van der Waals surface area contributed by atoms with Gasteiger partial charge < -0.3 is 9.73 Å². The van der Waals surface area contributed by atoms with Crippen LogP contribution < -0.4 is 5.32 Å². The molecule has 1 aliphatic carbocycles. The molecule has 1 fully saturated rings. The Morgan fingerprint density at radius 3 is 2.78 bits per heavy atom. The minimum Gasteiger partial charge on any atom is -0.469 e. The first-order valence-corrected chi connectivity index (χ1v) is 8.67. The summed E-state index contributed by atoms with van der Waals surface area (Å²) in [6.45, 7) is 0. The molecule has 0 aliphatic heterocycles. The van der Waals surface area contributed by atoms with Crippen molar-refractivity contribution < 1.29 is 9.21 Å². The van der Waals surface area contributed by atoms with E-state index >= 15 is 0 Å². The van der Waals surface area contributed by atoms with E-state index in [0.29, 0.717) is 21.5 Å². The quantitative estimate of drug-likeness (QED) is 0.830. The molecule has 1 aliphatic rings. The summed E-state index contributed by atoms with van der Waals surface area (Å²) in [6.07, 6.45) is 6.96. The highest BCUT2D eigenvalue weighted by Crippen LogP contribution is 2.29. The molecular formula is C18H19Cl2NO2. The molecule has 1 N–H and O–H groups in total. The van der Waals surface area contributed by atoms with Gasteiger partial charge in [0.2, 0.25) is 0 Å². The number of rotatable bonds is 4. The normalized spacial score (nSPS) is 21.1. The van der Waals surface area contributed by atoms with Gasteiger partial charge in [-0.1, -0.05) is 36.0 Å². The van der Waals surface area contributed by atoms with E-state index < -0.39 is 0 Å². The Kier molecular flexibility index (Phi) is 5.29. The summed E-state index contributed by atoms with van der Waals surface area (Å²) in [5.41, 5.74) is 0.471. The molecule has 1 aromatic carbocycles. The summed E-state index contributed by atoms with van der Waals surface area (Å²) in [5.74, 6) is 1.23. The Labute approximate surface area is 146 Å². The number of carbonyl (C=O) groups excluding carboxylic acids is 1. The molecule has 122 valence electrons. The van der Waals surface area contributed by atoms with Crippen molar-refractivity contribution in [2.75, 3.05) is 0 Å². The van der Waals surface area contributed by atoms with Crippen LogP contribution in [0.2, 0.25) is 10.0 Å². The Bertz CT molecular complexity index is 670. The van der Waals surface area contributed by atoms with Gasteiger partial charge in [-0.15, -0.1) is 0 Å². The maximum Gasteiger partial charge on any atom is 0.253 e. The topological polar surface area (TPSA) is 42.2 Å². The molecule has 2 aromatic rings. The summed E-state index contributed by atoms with van der Waals surface area (Å²) in [5, 5.41) is 4.06. The number of carbonyl (C=O) groups is 1. The van der Waals surface area contributed by atoms with Gasteiger partial charge in [0.1, 0.15) is 5.76 Å².